The van der Waals surface area contributed by atoms with Gasteiger partial charge in [-0.25, -0.2) is 0 Å². The highest BCUT2D eigenvalue weighted by Crippen LogP contribution is 2.55. The van der Waals surface area contributed by atoms with E-state index in [0.717, 1.165) is 32.1 Å². The molecule has 4 fully saturated rings. The first kappa shape index (κ1) is 22.0. The van der Waals surface area contributed by atoms with Crippen molar-refractivity contribution in [2.75, 3.05) is 13.2 Å². The molecule has 2 aliphatic carbocycles. The monoisotopic (exact) mass is 412 g/mol. The second kappa shape index (κ2) is 8.71. The SMILES string of the molecule is C[C@H]1C(OCCOC2CCCCC2)O[C@@H]2OC(C)(O)CCC3[C@H](C)CCC1[C@]32O. The highest BCUT2D eigenvalue weighted by atomic mass is 16.8. The third-order valence-corrected chi connectivity index (χ3v) is 8.06. The van der Waals surface area contributed by atoms with Gasteiger partial charge >= 0.3 is 0 Å². The molecule has 0 amide bonds. The Morgan fingerprint density at radius 1 is 0.897 bits per heavy atom. The fraction of sp³-hybridized carbons (Fsp3) is 1.00. The van der Waals surface area contributed by atoms with Gasteiger partial charge in [-0.15, -0.1) is 0 Å². The molecule has 4 aliphatic rings. The van der Waals surface area contributed by atoms with E-state index >= 15 is 0 Å². The quantitative estimate of drug-likeness (QED) is 0.672. The van der Waals surface area contributed by atoms with Gasteiger partial charge in [0.2, 0.25) is 0 Å². The first-order valence-electron chi connectivity index (χ1n) is 11.8. The number of ether oxygens (including phenoxy) is 4. The van der Waals surface area contributed by atoms with Crippen molar-refractivity contribution in [1.82, 2.24) is 0 Å². The molecule has 4 unspecified atom stereocenters. The molecule has 8 atom stereocenters. The summed E-state index contributed by atoms with van der Waals surface area (Å²) in [6.45, 7) is 7.02. The fourth-order valence-electron chi connectivity index (χ4n) is 6.34. The van der Waals surface area contributed by atoms with Crippen LogP contribution >= 0.6 is 0 Å². The Morgan fingerprint density at radius 2 is 1.62 bits per heavy atom. The second-order valence-electron chi connectivity index (χ2n) is 10.2. The van der Waals surface area contributed by atoms with Crippen LogP contribution in [0.5, 0.6) is 0 Å². The van der Waals surface area contributed by atoms with Gasteiger partial charge in [0.15, 0.2) is 18.4 Å². The van der Waals surface area contributed by atoms with Crippen LogP contribution in [0.2, 0.25) is 0 Å². The Labute approximate surface area is 175 Å². The molecule has 6 nitrogen and oxygen atoms in total. The van der Waals surface area contributed by atoms with Crippen molar-refractivity contribution < 1.29 is 29.2 Å². The average molecular weight is 413 g/mol. The smallest absolute Gasteiger partial charge is 0.193 e. The van der Waals surface area contributed by atoms with Crippen molar-refractivity contribution in [2.24, 2.45) is 23.7 Å². The Kier molecular flexibility index (Phi) is 6.60. The Bertz CT molecular complexity index is 547. The molecule has 0 bridgehead atoms. The summed E-state index contributed by atoms with van der Waals surface area (Å²) in [5.74, 6) is -0.739. The molecule has 0 aromatic heterocycles. The van der Waals surface area contributed by atoms with Gasteiger partial charge in [0.05, 0.1) is 19.3 Å². The molecule has 0 spiro atoms. The van der Waals surface area contributed by atoms with E-state index in [2.05, 4.69) is 13.8 Å². The molecule has 2 heterocycles. The first-order valence-corrected chi connectivity index (χ1v) is 11.8. The van der Waals surface area contributed by atoms with Crippen LogP contribution in [0.1, 0.15) is 78.6 Å². The largest absolute Gasteiger partial charge is 0.384 e. The molecular formula is C23H40O6. The topological polar surface area (TPSA) is 77.4 Å². The summed E-state index contributed by atoms with van der Waals surface area (Å²) in [4.78, 5) is 0. The standard InChI is InChI=1S/C23H40O6/c1-15-9-10-19-16(2)20(27-14-13-26-17-7-5-4-6-8-17)28-21-23(19,25)18(15)11-12-22(3,24)29-21/h15-21,24-25H,4-14H2,1-3H3/t15-,16-,18?,19?,20?,21-,22?,23-/m1/s1. The van der Waals surface area contributed by atoms with Crippen LogP contribution in [0, 0.1) is 23.7 Å². The molecule has 2 N–H and O–H groups in total. The lowest BCUT2D eigenvalue weighted by atomic mass is 9.58. The normalized spacial score (nSPS) is 48.7. The van der Waals surface area contributed by atoms with Gasteiger partial charge in [0.1, 0.15) is 5.60 Å². The Hall–Kier alpha value is -0.240. The molecule has 168 valence electrons. The van der Waals surface area contributed by atoms with E-state index in [1.54, 1.807) is 6.92 Å². The van der Waals surface area contributed by atoms with Gasteiger partial charge in [-0.3, -0.25) is 0 Å². The predicted molar refractivity (Wildman–Crippen MR) is 108 cm³/mol. The fourth-order valence-corrected chi connectivity index (χ4v) is 6.34. The number of rotatable bonds is 5. The summed E-state index contributed by atoms with van der Waals surface area (Å²) in [7, 11) is 0. The van der Waals surface area contributed by atoms with Crippen molar-refractivity contribution in [1.29, 1.82) is 0 Å². The highest BCUT2D eigenvalue weighted by molar-refractivity contribution is 5.07. The van der Waals surface area contributed by atoms with Gasteiger partial charge in [-0.1, -0.05) is 33.1 Å². The average Bonchev–Trinajstić information content (AvgIpc) is 2.78. The van der Waals surface area contributed by atoms with Crippen LogP contribution in [0.15, 0.2) is 0 Å². The van der Waals surface area contributed by atoms with Crippen LogP contribution in [-0.2, 0) is 18.9 Å². The lowest BCUT2D eigenvalue weighted by molar-refractivity contribution is -0.408. The number of hydrogen-bond acceptors (Lipinski definition) is 6. The van der Waals surface area contributed by atoms with E-state index in [9.17, 15) is 10.2 Å². The number of hydrogen-bond donors (Lipinski definition) is 2. The summed E-state index contributed by atoms with van der Waals surface area (Å²) < 4.78 is 24.2. The van der Waals surface area contributed by atoms with Crippen molar-refractivity contribution >= 4 is 0 Å². The lowest BCUT2D eigenvalue weighted by Gasteiger charge is -2.57. The predicted octanol–water partition coefficient (Wildman–Crippen LogP) is 3.58. The van der Waals surface area contributed by atoms with Crippen molar-refractivity contribution in [3.8, 4) is 0 Å². The van der Waals surface area contributed by atoms with Crippen molar-refractivity contribution in [3.63, 3.8) is 0 Å². The van der Waals surface area contributed by atoms with E-state index in [1.807, 2.05) is 0 Å². The van der Waals surface area contributed by atoms with Crippen molar-refractivity contribution in [2.45, 2.75) is 109 Å². The summed E-state index contributed by atoms with van der Waals surface area (Å²) in [6.07, 6.45) is 8.43. The highest BCUT2D eigenvalue weighted by Gasteiger charge is 2.63. The zero-order valence-electron chi connectivity index (χ0n) is 18.3. The minimum absolute atomic E-state index is 0.0422. The van der Waals surface area contributed by atoms with Gasteiger partial charge < -0.3 is 29.2 Å². The van der Waals surface area contributed by atoms with Gasteiger partial charge in [0.25, 0.3) is 0 Å². The minimum Gasteiger partial charge on any atom is -0.384 e. The van der Waals surface area contributed by atoms with Crippen LogP contribution in [0.25, 0.3) is 0 Å². The van der Waals surface area contributed by atoms with Crippen LogP contribution in [0.3, 0.4) is 0 Å². The molecule has 0 radical (unpaired) electrons. The number of aliphatic hydroxyl groups is 2. The molecule has 2 saturated carbocycles. The Balaban J connectivity index is 1.41. The molecule has 2 aliphatic heterocycles. The summed E-state index contributed by atoms with van der Waals surface area (Å²) in [6, 6.07) is 0. The summed E-state index contributed by atoms with van der Waals surface area (Å²) in [5.41, 5.74) is -1.07. The maximum atomic E-state index is 11.8. The lowest BCUT2D eigenvalue weighted by Crippen LogP contribution is -2.67. The van der Waals surface area contributed by atoms with E-state index < -0.39 is 24.0 Å². The summed E-state index contributed by atoms with van der Waals surface area (Å²) in [5, 5.41) is 22.5. The van der Waals surface area contributed by atoms with Crippen LogP contribution in [0.4, 0.5) is 0 Å². The van der Waals surface area contributed by atoms with Crippen LogP contribution in [-0.4, -0.2) is 53.5 Å². The van der Waals surface area contributed by atoms with E-state index in [-0.39, 0.29) is 17.8 Å². The zero-order chi connectivity index (χ0) is 20.6. The zero-order valence-corrected chi connectivity index (χ0v) is 18.3. The van der Waals surface area contributed by atoms with Gasteiger partial charge in [-0.2, -0.15) is 0 Å². The van der Waals surface area contributed by atoms with E-state index in [1.165, 1.54) is 19.3 Å². The third kappa shape index (κ3) is 4.39. The molecule has 4 rings (SSSR count). The molecule has 0 aromatic rings. The van der Waals surface area contributed by atoms with E-state index in [0.29, 0.717) is 31.7 Å². The van der Waals surface area contributed by atoms with Gasteiger partial charge in [0, 0.05) is 18.3 Å². The molecule has 29 heavy (non-hydrogen) atoms. The summed E-state index contributed by atoms with van der Waals surface area (Å²) >= 11 is 0. The molecule has 2 saturated heterocycles. The first-order chi connectivity index (χ1) is 13.8. The van der Waals surface area contributed by atoms with Gasteiger partial charge in [-0.05, 0) is 50.9 Å². The molecular weight excluding hydrogens is 372 g/mol. The van der Waals surface area contributed by atoms with E-state index in [4.69, 9.17) is 18.9 Å². The molecule has 6 heteroatoms. The maximum absolute atomic E-state index is 11.8. The molecule has 0 aromatic carbocycles. The maximum Gasteiger partial charge on any atom is 0.193 e. The van der Waals surface area contributed by atoms with Crippen LogP contribution < -0.4 is 0 Å². The minimum atomic E-state index is -1.29. The Morgan fingerprint density at radius 3 is 2.38 bits per heavy atom. The third-order valence-electron chi connectivity index (χ3n) is 8.06. The van der Waals surface area contributed by atoms with Crippen molar-refractivity contribution in [3.05, 3.63) is 0 Å². The second-order valence-corrected chi connectivity index (χ2v) is 10.2.